The molecular formula is C17H21FN2O4. The summed E-state index contributed by atoms with van der Waals surface area (Å²) in [6.07, 6.45) is 2.95. The van der Waals surface area contributed by atoms with Crippen molar-refractivity contribution < 1.29 is 23.5 Å². The van der Waals surface area contributed by atoms with Crippen molar-refractivity contribution in [3.8, 4) is 11.5 Å². The highest BCUT2D eigenvalue weighted by atomic mass is 19.1. The molecule has 0 aliphatic carbocycles. The number of hydrogen-bond donors (Lipinski definition) is 1. The molecule has 0 atom stereocenters. The number of rotatable bonds is 5. The van der Waals surface area contributed by atoms with Gasteiger partial charge in [0.2, 0.25) is 0 Å². The average molecular weight is 336 g/mol. The smallest absolute Gasteiger partial charge is 0.283 e. The minimum atomic E-state index is -1.14. The predicted octanol–water partition coefficient (Wildman–Crippen LogP) is 2.75. The van der Waals surface area contributed by atoms with Gasteiger partial charge in [0.1, 0.15) is 0 Å². The second-order valence-electron chi connectivity index (χ2n) is 5.46. The van der Waals surface area contributed by atoms with Crippen LogP contribution in [0, 0.1) is 0 Å². The molecule has 1 aromatic carbocycles. The Bertz CT molecular complexity index is 654. The maximum absolute atomic E-state index is 13.0. The van der Waals surface area contributed by atoms with E-state index in [0.717, 1.165) is 19.3 Å². The van der Waals surface area contributed by atoms with Gasteiger partial charge in [-0.25, -0.2) is 4.39 Å². The minimum Gasteiger partial charge on any atom is -0.493 e. The molecule has 1 aliphatic heterocycles. The first-order valence-corrected chi connectivity index (χ1v) is 7.69. The summed E-state index contributed by atoms with van der Waals surface area (Å²) in [7, 11) is 2.89. The Labute approximate surface area is 140 Å². The van der Waals surface area contributed by atoms with Gasteiger partial charge < -0.3 is 19.7 Å². The van der Waals surface area contributed by atoms with Crippen LogP contribution in [-0.2, 0) is 4.79 Å². The zero-order chi connectivity index (χ0) is 17.7. The molecule has 7 heteroatoms. The topological polar surface area (TPSA) is 67.9 Å². The van der Waals surface area contributed by atoms with Crippen molar-refractivity contribution in [2.45, 2.75) is 19.3 Å². The molecule has 0 unspecified atom stereocenters. The number of carbonyl (C=O) groups excluding carboxylic acids is 2. The number of nitrogens with zero attached hydrogens (tertiary/aromatic N) is 1. The number of piperidine rings is 1. The summed E-state index contributed by atoms with van der Waals surface area (Å²) in [6, 6.07) is 2.93. The van der Waals surface area contributed by atoms with E-state index in [9.17, 15) is 14.0 Å². The van der Waals surface area contributed by atoms with Crippen LogP contribution in [0.5, 0.6) is 11.5 Å². The summed E-state index contributed by atoms with van der Waals surface area (Å²) in [5, 5.41) is 2.36. The van der Waals surface area contributed by atoms with E-state index in [-0.39, 0.29) is 17.2 Å². The Kier molecular flexibility index (Phi) is 5.78. The summed E-state index contributed by atoms with van der Waals surface area (Å²) >= 11 is 0. The number of likely N-dealkylation sites (tertiary alicyclic amines) is 1. The van der Waals surface area contributed by atoms with Crippen molar-refractivity contribution in [3.63, 3.8) is 0 Å². The minimum absolute atomic E-state index is 0.159. The maximum atomic E-state index is 13.0. The molecule has 1 fully saturated rings. The molecule has 130 valence electrons. The standard InChI is InChI=1S/C17H21FN2O4/c1-11(18)16(21)19-13-10-15(24-3)14(23-2)9-12(13)17(22)20-7-5-4-6-8-20/h9-10H,1,4-8H2,2-3H3,(H,19,21). The van der Waals surface area contributed by atoms with Gasteiger partial charge in [-0.2, -0.15) is 0 Å². The highest BCUT2D eigenvalue weighted by molar-refractivity contribution is 6.08. The van der Waals surface area contributed by atoms with Gasteiger partial charge in [-0.3, -0.25) is 9.59 Å². The first-order valence-electron chi connectivity index (χ1n) is 7.69. The number of methoxy groups -OCH3 is 2. The summed E-state index contributed by atoms with van der Waals surface area (Å²) in [6.45, 7) is 4.26. The van der Waals surface area contributed by atoms with Crippen LogP contribution in [-0.4, -0.2) is 44.0 Å². The van der Waals surface area contributed by atoms with E-state index in [1.165, 1.54) is 26.4 Å². The fraction of sp³-hybridized carbons (Fsp3) is 0.412. The third kappa shape index (κ3) is 3.84. The fourth-order valence-corrected chi connectivity index (χ4v) is 2.62. The number of anilines is 1. The normalized spacial score (nSPS) is 14.0. The van der Waals surface area contributed by atoms with Gasteiger partial charge in [-0.05, 0) is 25.3 Å². The molecule has 0 saturated carbocycles. The van der Waals surface area contributed by atoms with Crippen LogP contribution >= 0.6 is 0 Å². The highest BCUT2D eigenvalue weighted by Gasteiger charge is 2.24. The van der Waals surface area contributed by atoms with Crippen molar-refractivity contribution in [3.05, 3.63) is 30.1 Å². The molecule has 1 aliphatic rings. The van der Waals surface area contributed by atoms with Gasteiger partial charge in [0.15, 0.2) is 17.3 Å². The van der Waals surface area contributed by atoms with E-state index in [0.29, 0.717) is 24.6 Å². The van der Waals surface area contributed by atoms with Gasteiger partial charge in [0, 0.05) is 19.2 Å². The van der Waals surface area contributed by atoms with E-state index in [4.69, 9.17) is 9.47 Å². The van der Waals surface area contributed by atoms with Gasteiger partial charge in [-0.15, -0.1) is 0 Å². The average Bonchev–Trinajstić information content (AvgIpc) is 2.61. The predicted molar refractivity (Wildman–Crippen MR) is 88.2 cm³/mol. The van der Waals surface area contributed by atoms with Gasteiger partial charge in [0.05, 0.1) is 25.5 Å². The Balaban J connectivity index is 2.43. The second kappa shape index (κ2) is 7.81. The Hall–Kier alpha value is -2.57. The van der Waals surface area contributed by atoms with Crippen molar-refractivity contribution in [2.24, 2.45) is 0 Å². The van der Waals surface area contributed by atoms with Crippen molar-refractivity contribution in [2.75, 3.05) is 32.6 Å². The molecule has 24 heavy (non-hydrogen) atoms. The molecule has 0 bridgehead atoms. The molecular weight excluding hydrogens is 315 g/mol. The van der Waals surface area contributed by atoms with Crippen LogP contribution in [0.4, 0.5) is 10.1 Å². The quantitative estimate of drug-likeness (QED) is 0.840. The number of amides is 2. The Morgan fingerprint density at radius 2 is 1.71 bits per heavy atom. The highest BCUT2D eigenvalue weighted by Crippen LogP contribution is 2.34. The zero-order valence-corrected chi connectivity index (χ0v) is 13.9. The SMILES string of the molecule is C=C(F)C(=O)Nc1cc(OC)c(OC)cc1C(=O)N1CCCCC1. The lowest BCUT2D eigenvalue weighted by Crippen LogP contribution is -2.36. The molecule has 2 rings (SSSR count). The van der Waals surface area contributed by atoms with E-state index in [1.54, 1.807) is 4.90 Å². The second-order valence-corrected chi connectivity index (χ2v) is 5.46. The lowest BCUT2D eigenvalue weighted by Gasteiger charge is -2.28. The summed E-state index contributed by atoms with van der Waals surface area (Å²) in [4.78, 5) is 26.1. The zero-order valence-electron chi connectivity index (χ0n) is 13.9. The molecule has 1 N–H and O–H groups in total. The molecule has 1 saturated heterocycles. The van der Waals surface area contributed by atoms with E-state index >= 15 is 0 Å². The number of nitrogens with one attached hydrogen (secondary N) is 1. The Morgan fingerprint density at radius 3 is 2.25 bits per heavy atom. The summed E-state index contributed by atoms with van der Waals surface area (Å²) in [5.41, 5.74) is 0.385. The van der Waals surface area contributed by atoms with E-state index < -0.39 is 11.7 Å². The van der Waals surface area contributed by atoms with Crippen LogP contribution in [0.3, 0.4) is 0 Å². The lowest BCUT2D eigenvalue weighted by molar-refractivity contribution is -0.114. The van der Waals surface area contributed by atoms with Crippen LogP contribution < -0.4 is 14.8 Å². The Morgan fingerprint density at radius 1 is 1.12 bits per heavy atom. The van der Waals surface area contributed by atoms with Crippen molar-refractivity contribution in [1.29, 1.82) is 0 Å². The van der Waals surface area contributed by atoms with E-state index in [1.807, 2.05) is 0 Å². The molecule has 1 heterocycles. The summed E-state index contributed by atoms with van der Waals surface area (Å²) in [5.74, 6) is -1.70. The number of halogens is 1. The summed E-state index contributed by atoms with van der Waals surface area (Å²) < 4.78 is 23.4. The van der Waals surface area contributed by atoms with Crippen molar-refractivity contribution in [1.82, 2.24) is 4.90 Å². The van der Waals surface area contributed by atoms with Crippen LogP contribution in [0.2, 0.25) is 0 Å². The lowest BCUT2D eigenvalue weighted by atomic mass is 10.1. The van der Waals surface area contributed by atoms with Crippen LogP contribution in [0.1, 0.15) is 29.6 Å². The monoisotopic (exact) mass is 336 g/mol. The third-order valence-corrected chi connectivity index (χ3v) is 3.89. The molecule has 0 aromatic heterocycles. The van der Waals surface area contributed by atoms with Gasteiger partial charge in [0.25, 0.3) is 11.8 Å². The van der Waals surface area contributed by atoms with Crippen LogP contribution in [0.25, 0.3) is 0 Å². The molecule has 0 spiro atoms. The van der Waals surface area contributed by atoms with Crippen molar-refractivity contribution >= 4 is 17.5 Å². The van der Waals surface area contributed by atoms with E-state index in [2.05, 4.69) is 11.9 Å². The third-order valence-electron chi connectivity index (χ3n) is 3.89. The number of carbonyl (C=O) groups is 2. The molecule has 6 nitrogen and oxygen atoms in total. The van der Waals surface area contributed by atoms with Crippen LogP contribution in [0.15, 0.2) is 24.5 Å². The van der Waals surface area contributed by atoms with Gasteiger partial charge >= 0.3 is 0 Å². The molecule has 0 radical (unpaired) electrons. The molecule has 1 aromatic rings. The first-order chi connectivity index (χ1) is 11.5. The number of hydrogen-bond acceptors (Lipinski definition) is 4. The maximum Gasteiger partial charge on any atom is 0.283 e. The van der Waals surface area contributed by atoms with Gasteiger partial charge in [-0.1, -0.05) is 6.58 Å². The number of benzene rings is 1. The first kappa shape index (κ1) is 17.8. The largest absolute Gasteiger partial charge is 0.493 e. The fourth-order valence-electron chi connectivity index (χ4n) is 2.62. The molecule has 2 amide bonds. The number of ether oxygens (including phenoxy) is 2.